The SMILES string of the molecule is CC(F)(F)c1ccc(N2CCN(C(C(=O)NO)c3ccccc3)CC2)cc1. The molecule has 1 aliphatic heterocycles. The minimum atomic E-state index is -2.85. The number of hydrogen-bond donors (Lipinski definition) is 2. The molecular formula is C20H23F2N3O2. The molecule has 1 saturated heterocycles. The fraction of sp³-hybridized carbons (Fsp3) is 0.350. The first-order chi connectivity index (χ1) is 12.9. The number of amides is 1. The van der Waals surface area contributed by atoms with E-state index in [9.17, 15) is 13.6 Å². The minimum Gasteiger partial charge on any atom is -0.369 e. The van der Waals surface area contributed by atoms with Gasteiger partial charge in [0.15, 0.2) is 0 Å². The Balaban J connectivity index is 1.69. The van der Waals surface area contributed by atoms with E-state index in [4.69, 9.17) is 5.21 Å². The second-order valence-corrected chi connectivity index (χ2v) is 6.75. The summed E-state index contributed by atoms with van der Waals surface area (Å²) in [5.74, 6) is -3.32. The molecule has 2 aromatic carbocycles. The number of alkyl halides is 2. The quantitative estimate of drug-likeness (QED) is 0.623. The average Bonchev–Trinajstić information content (AvgIpc) is 2.69. The van der Waals surface area contributed by atoms with Gasteiger partial charge in [0.2, 0.25) is 0 Å². The Bertz CT molecular complexity index is 755. The van der Waals surface area contributed by atoms with Crippen molar-refractivity contribution in [1.29, 1.82) is 0 Å². The number of rotatable bonds is 5. The van der Waals surface area contributed by atoms with Gasteiger partial charge >= 0.3 is 0 Å². The van der Waals surface area contributed by atoms with Crippen LogP contribution < -0.4 is 10.4 Å². The van der Waals surface area contributed by atoms with E-state index in [2.05, 4.69) is 4.90 Å². The maximum absolute atomic E-state index is 13.4. The lowest BCUT2D eigenvalue weighted by atomic mass is 10.0. The third-order valence-electron chi connectivity index (χ3n) is 4.89. The van der Waals surface area contributed by atoms with E-state index in [0.717, 1.165) is 18.2 Å². The Hall–Kier alpha value is -2.51. The molecule has 144 valence electrons. The van der Waals surface area contributed by atoms with Gasteiger partial charge in [-0.2, -0.15) is 0 Å². The summed E-state index contributed by atoms with van der Waals surface area (Å²) in [6.45, 7) is 3.42. The Kier molecular flexibility index (Phi) is 5.72. The van der Waals surface area contributed by atoms with Crippen LogP contribution in [0, 0.1) is 0 Å². The zero-order valence-corrected chi connectivity index (χ0v) is 15.1. The van der Waals surface area contributed by atoms with Gasteiger partial charge in [-0.3, -0.25) is 14.9 Å². The largest absolute Gasteiger partial charge is 0.369 e. The van der Waals surface area contributed by atoms with Gasteiger partial charge in [-0.15, -0.1) is 0 Å². The van der Waals surface area contributed by atoms with Crippen molar-refractivity contribution in [2.45, 2.75) is 18.9 Å². The monoisotopic (exact) mass is 375 g/mol. The Morgan fingerprint density at radius 2 is 1.63 bits per heavy atom. The molecule has 0 saturated carbocycles. The van der Waals surface area contributed by atoms with Gasteiger partial charge in [0.05, 0.1) is 0 Å². The number of benzene rings is 2. The van der Waals surface area contributed by atoms with E-state index in [0.29, 0.717) is 26.2 Å². The van der Waals surface area contributed by atoms with Crippen molar-refractivity contribution in [2.24, 2.45) is 0 Å². The normalized spacial score (nSPS) is 16.8. The van der Waals surface area contributed by atoms with Crippen LogP contribution in [0.15, 0.2) is 54.6 Å². The minimum absolute atomic E-state index is 0.00588. The molecule has 2 N–H and O–H groups in total. The highest BCUT2D eigenvalue weighted by molar-refractivity contribution is 5.82. The summed E-state index contributed by atoms with van der Waals surface area (Å²) in [7, 11) is 0. The molecule has 2 aromatic rings. The maximum Gasteiger partial charge on any atom is 0.270 e. The van der Waals surface area contributed by atoms with E-state index in [1.165, 1.54) is 12.1 Å². The molecule has 0 spiro atoms. The van der Waals surface area contributed by atoms with Gasteiger partial charge in [-0.1, -0.05) is 42.5 Å². The fourth-order valence-electron chi connectivity index (χ4n) is 3.43. The van der Waals surface area contributed by atoms with Crippen LogP contribution in [0.1, 0.15) is 24.1 Å². The Labute approximate surface area is 157 Å². The molecule has 0 radical (unpaired) electrons. The highest BCUT2D eigenvalue weighted by atomic mass is 19.3. The zero-order chi connectivity index (χ0) is 19.4. The summed E-state index contributed by atoms with van der Waals surface area (Å²) in [5, 5.41) is 9.12. The second-order valence-electron chi connectivity index (χ2n) is 6.75. The van der Waals surface area contributed by atoms with Crippen LogP contribution >= 0.6 is 0 Å². The molecule has 3 rings (SSSR count). The van der Waals surface area contributed by atoms with Gasteiger partial charge in [-0.25, -0.2) is 14.3 Å². The average molecular weight is 375 g/mol. The van der Waals surface area contributed by atoms with Crippen molar-refractivity contribution in [1.82, 2.24) is 10.4 Å². The predicted octanol–water partition coefficient (Wildman–Crippen LogP) is 3.17. The number of nitrogens with one attached hydrogen (secondary N) is 1. The summed E-state index contributed by atoms with van der Waals surface area (Å²) in [5.41, 5.74) is 3.45. The van der Waals surface area contributed by atoms with Gasteiger partial charge < -0.3 is 4.90 Å². The van der Waals surface area contributed by atoms with Gasteiger partial charge in [-0.05, 0) is 17.7 Å². The first kappa shape index (κ1) is 19.3. The Morgan fingerprint density at radius 3 is 2.15 bits per heavy atom. The van der Waals surface area contributed by atoms with Crippen LogP contribution in [0.3, 0.4) is 0 Å². The van der Waals surface area contributed by atoms with E-state index in [-0.39, 0.29) is 5.56 Å². The number of halogens is 2. The number of carbonyl (C=O) groups excluding carboxylic acids is 1. The molecule has 1 atom stereocenters. The lowest BCUT2D eigenvalue weighted by Crippen LogP contribution is -2.50. The van der Waals surface area contributed by atoms with E-state index < -0.39 is 17.9 Å². The molecule has 1 unspecified atom stereocenters. The molecule has 0 aliphatic carbocycles. The molecule has 0 bridgehead atoms. The first-order valence-electron chi connectivity index (χ1n) is 8.86. The van der Waals surface area contributed by atoms with Crippen molar-refractivity contribution in [3.8, 4) is 0 Å². The van der Waals surface area contributed by atoms with Crippen LogP contribution in [0.5, 0.6) is 0 Å². The van der Waals surface area contributed by atoms with Crippen molar-refractivity contribution < 1.29 is 18.8 Å². The topological polar surface area (TPSA) is 55.8 Å². The van der Waals surface area contributed by atoms with Gasteiger partial charge in [0, 0.05) is 44.4 Å². The van der Waals surface area contributed by atoms with Crippen molar-refractivity contribution >= 4 is 11.6 Å². The summed E-state index contributed by atoms with van der Waals surface area (Å²) in [6.07, 6.45) is 0. The van der Waals surface area contributed by atoms with Crippen LogP contribution in [0.25, 0.3) is 0 Å². The molecule has 27 heavy (non-hydrogen) atoms. The molecule has 5 nitrogen and oxygen atoms in total. The van der Waals surface area contributed by atoms with Crippen LogP contribution in [-0.2, 0) is 10.7 Å². The lowest BCUT2D eigenvalue weighted by Gasteiger charge is -2.39. The first-order valence-corrected chi connectivity index (χ1v) is 8.86. The van der Waals surface area contributed by atoms with E-state index in [1.54, 1.807) is 17.6 Å². The lowest BCUT2D eigenvalue weighted by molar-refractivity contribution is -0.135. The van der Waals surface area contributed by atoms with Crippen molar-refractivity contribution in [3.05, 3.63) is 65.7 Å². The third kappa shape index (κ3) is 4.43. The van der Waals surface area contributed by atoms with Crippen molar-refractivity contribution in [3.63, 3.8) is 0 Å². The summed E-state index contributed by atoms with van der Waals surface area (Å²) in [6, 6.07) is 15.0. The number of hydrogen-bond acceptors (Lipinski definition) is 4. The molecule has 1 fully saturated rings. The fourth-order valence-corrected chi connectivity index (χ4v) is 3.43. The van der Waals surface area contributed by atoms with E-state index >= 15 is 0 Å². The summed E-state index contributed by atoms with van der Waals surface area (Å²) < 4.78 is 26.7. The third-order valence-corrected chi connectivity index (χ3v) is 4.89. The molecule has 1 heterocycles. The second kappa shape index (κ2) is 8.02. The standard InChI is InChI=1S/C20H23F2N3O2/c1-20(21,22)16-7-9-17(10-8-16)24-11-13-25(14-12-24)18(19(26)23-27)15-5-3-2-4-6-15/h2-10,18,27H,11-14H2,1H3,(H,23,26). The summed E-state index contributed by atoms with van der Waals surface area (Å²) >= 11 is 0. The highest BCUT2D eigenvalue weighted by Gasteiger charge is 2.30. The number of nitrogens with zero attached hydrogens (tertiary/aromatic N) is 2. The van der Waals surface area contributed by atoms with Crippen LogP contribution in [0.2, 0.25) is 0 Å². The highest BCUT2D eigenvalue weighted by Crippen LogP contribution is 2.29. The van der Waals surface area contributed by atoms with Crippen LogP contribution in [0.4, 0.5) is 14.5 Å². The van der Waals surface area contributed by atoms with Crippen molar-refractivity contribution in [2.75, 3.05) is 31.1 Å². The molecule has 1 amide bonds. The number of carbonyl (C=O) groups is 1. The smallest absolute Gasteiger partial charge is 0.270 e. The predicted molar refractivity (Wildman–Crippen MR) is 98.9 cm³/mol. The van der Waals surface area contributed by atoms with Crippen LogP contribution in [-0.4, -0.2) is 42.2 Å². The maximum atomic E-state index is 13.4. The molecular weight excluding hydrogens is 352 g/mol. The molecule has 1 aliphatic rings. The van der Waals surface area contributed by atoms with Gasteiger partial charge in [0.25, 0.3) is 11.8 Å². The molecule has 7 heteroatoms. The van der Waals surface area contributed by atoms with Gasteiger partial charge in [0.1, 0.15) is 6.04 Å². The van der Waals surface area contributed by atoms with E-state index in [1.807, 2.05) is 35.2 Å². The molecule has 0 aromatic heterocycles. The number of piperazine rings is 1. The number of anilines is 1. The summed E-state index contributed by atoms with van der Waals surface area (Å²) in [4.78, 5) is 16.3. The Morgan fingerprint density at radius 1 is 1.04 bits per heavy atom. The number of hydroxylamine groups is 1. The zero-order valence-electron chi connectivity index (χ0n) is 15.1.